The van der Waals surface area contributed by atoms with Gasteiger partial charge in [0.05, 0.1) is 11.4 Å². The van der Waals surface area contributed by atoms with Crippen molar-refractivity contribution in [1.82, 2.24) is 10.2 Å². The van der Waals surface area contributed by atoms with Crippen LogP contribution in [0.25, 0.3) is 11.3 Å². The number of para-hydroxylation sites is 2. The Labute approximate surface area is 231 Å². The molecule has 2 heterocycles. The van der Waals surface area contributed by atoms with Gasteiger partial charge in [0, 0.05) is 42.3 Å². The number of hydrogen-bond donors (Lipinski definition) is 2. The molecule has 0 aliphatic carbocycles. The van der Waals surface area contributed by atoms with Gasteiger partial charge in [0.15, 0.2) is 10.9 Å². The van der Waals surface area contributed by atoms with E-state index in [4.69, 9.17) is 28.2 Å². The third kappa shape index (κ3) is 5.88. The Bertz CT molecular complexity index is 1450. The quantitative estimate of drug-likeness (QED) is 0.314. The number of halogens is 1. The number of nitrogens with zero attached hydrogens (tertiary/aromatic N) is 2. The van der Waals surface area contributed by atoms with Crippen molar-refractivity contribution in [3.63, 3.8) is 0 Å². The lowest BCUT2D eigenvalue weighted by Crippen LogP contribution is -2.49. The highest BCUT2D eigenvalue weighted by Crippen LogP contribution is 2.27. The van der Waals surface area contributed by atoms with Crippen LogP contribution in [0.1, 0.15) is 20.9 Å². The first-order valence-electron chi connectivity index (χ1n) is 12.1. The van der Waals surface area contributed by atoms with Crippen LogP contribution in [0.4, 0.5) is 11.4 Å². The molecule has 0 atom stereocenters. The molecular weight excluding hydrogens is 520 g/mol. The summed E-state index contributed by atoms with van der Waals surface area (Å²) < 4.78 is 5.72. The molecule has 5 rings (SSSR count). The van der Waals surface area contributed by atoms with Gasteiger partial charge in [-0.3, -0.25) is 14.9 Å². The van der Waals surface area contributed by atoms with Crippen molar-refractivity contribution >= 4 is 52.1 Å². The number of thiocarbonyl (C=S) groups is 1. The smallest absolute Gasteiger partial charge is 0.293 e. The van der Waals surface area contributed by atoms with Crippen LogP contribution in [0.5, 0.6) is 0 Å². The molecule has 1 fully saturated rings. The number of hydrogen-bond acceptors (Lipinski definition) is 5. The Balaban J connectivity index is 1.19. The lowest BCUT2D eigenvalue weighted by molar-refractivity contribution is 0.0746. The molecule has 1 aromatic heterocycles. The molecule has 0 spiro atoms. The van der Waals surface area contributed by atoms with Crippen molar-refractivity contribution in [2.24, 2.45) is 0 Å². The number of anilines is 2. The highest BCUT2D eigenvalue weighted by atomic mass is 35.5. The summed E-state index contributed by atoms with van der Waals surface area (Å²) in [6.45, 7) is 2.57. The highest BCUT2D eigenvalue weighted by Gasteiger charge is 2.24. The van der Waals surface area contributed by atoms with Crippen LogP contribution in [0, 0.1) is 0 Å². The van der Waals surface area contributed by atoms with Crippen molar-refractivity contribution in [1.29, 1.82) is 0 Å². The summed E-state index contributed by atoms with van der Waals surface area (Å²) in [6.07, 6.45) is 0. The Morgan fingerprint density at radius 2 is 1.50 bits per heavy atom. The summed E-state index contributed by atoms with van der Waals surface area (Å²) in [5.74, 6) is 0.290. The van der Waals surface area contributed by atoms with E-state index in [1.54, 1.807) is 24.3 Å². The largest absolute Gasteiger partial charge is 0.451 e. The van der Waals surface area contributed by atoms with E-state index in [9.17, 15) is 9.59 Å². The fourth-order valence-electron chi connectivity index (χ4n) is 4.32. The molecule has 9 heteroatoms. The first kappa shape index (κ1) is 25.5. The number of rotatable bonds is 5. The van der Waals surface area contributed by atoms with Gasteiger partial charge in [-0.15, -0.1) is 0 Å². The van der Waals surface area contributed by atoms with Gasteiger partial charge in [0.2, 0.25) is 0 Å². The summed E-state index contributed by atoms with van der Waals surface area (Å²) in [5, 5.41) is 6.60. The summed E-state index contributed by atoms with van der Waals surface area (Å²) in [6, 6.07) is 27.6. The van der Waals surface area contributed by atoms with Crippen LogP contribution in [0.3, 0.4) is 0 Å². The average molecular weight is 545 g/mol. The van der Waals surface area contributed by atoms with Crippen LogP contribution in [0.2, 0.25) is 5.02 Å². The number of carbonyl (C=O) groups excluding carboxylic acids is 2. The van der Waals surface area contributed by atoms with Crippen LogP contribution in [-0.2, 0) is 0 Å². The summed E-state index contributed by atoms with van der Waals surface area (Å²) in [4.78, 5) is 29.6. The van der Waals surface area contributed by atoms with Crippen molar-refractivity contribution in [2.45, 2.75) is 0 Å². The zero-order chi connectivity index (χ0) is 26.5. The van der Waals surface area contributed by atoms with Crippen LogP contribution < -0.4 is 15.5 Å². The average Bonchev–Trinajstić information content (AvgIpc) is 3.45. The molecule has 3 aromatic carbocycles. The zero-order valence-corrected chi connectivity index (χ0v) is 22.0. The van der Waals surface area contributed by atoms with E-state index in [2.05, 4.69) is 15.5 Å². The molecule has 7 nitrogen and oxygen atoms in total. The molecule has 1 aliphatic rings. The maximum Gasteiger partial charge on any atom is 0.293 e. The van der Waals surface area contributed by atoms with Crippen LogP contribution in [0.15, 0.2) is 95.4 Å². The lowest BCUT2D eigenvalue weighted by atomic mass is 10.1. The fraction of sp³-hybridized carbons (Fsp3) is 0.138. The van der Waals surface area contributed by atoms with Crippen LogP contribution >= 0.6 is 23.8 Å². The first-order chi connectivity index (χ1) is 18.5. The van der Waals surface area contributed by atoms with Gasteiger partial charge in [-0.2, -0.15) is 0 Å². The molecule has 0 radical (unpaired) electrons. The van der Waals surface area contributed by atoms with Gasteiger partial charge >= 0.3 is 0 Å². The maximum atomic E-state index is 12.8. The summed E-state index contributed by atoms with van der Waals surface area (Å²) in [5.41, 5.74) is 3.22. The van der Waals surface area contributed by atoms with E-state index >= 15 is 0 Å². The maximum absolute atomic E-state index is 12.8. The number of nitrogens with one attached hydrogen (secondary N) is 2. The van der Waals surface area contributed by atoms with Crippen LogP contribution in [-0.4, -0.2) is 48.0 Å². The standard InChI is InChI=1S/C29H25ClN4O3S/c30-22-12-10-20(11-13-22)25-14-15-26(37-25)27(35)32-29(38)31-23-8-4-5-9-24(23)33-16-18-34(19-17-33)28(36)21-6-2-1-3-7-21/h1-15H,16-19H2,(H2,31,32,35,38). The Hall–Kier alpha value is -4.14. The molecule has 0 unspecified atom stereocenters. The van der Waals surface area contributed by atoms with Gasteiger partial charge in [-0.1, -0.05) is 41.9 Å². The summed E-state index contributed by atoms with van der Waals surface area (Å²) >= 11 is 11.4. The number of amides is 2. The zero-order valence-electron chi connectivity index (χ0n) is 20.4. The van der Waals surface area contributed by atoms with E-state index < -0.39 is 5.91 Å². The SMILES string of the molecule is O=C(NC(=S)Nc1ccccc1N1CCN(C(=O)c2ccccc2)CC1)c1ccc(-c2ccc(Cl)cc2)o1. The molecule has 2 N–H and O–H groups in total. The second-order valence-corrected chi connectivity index (χ2v) is 9.59. The minimum atomic E-state index is -0.451. The summed E-state index contributed by atoms with van der Waals surface area (Å²) in [7, 11) is 0. The normalized spacial score (nSPS) is 13.2. The lowest BCUT2D eigenvalue weighted by Gasteiger charge is -2.37. The molecular formula is C29H25ClN4O3S. The Morgan fingerprint density at radius 1 is 0.816 bits per heavy atom. The number of benzene rings is 3. The molecule has 2 amide bonds. The van der Waals surface area contributed by atoms with E-state index in [-0.39, 0.29) is 16.8 Å². The van der Waals surface area contributed by atoms with E-state index in [0.717, 1.165) is 16.9 Å². The molecule has 1 saturated heterocycles. The third-order valence-electron chi connectivity index (χ3n) is 6.27. The van der Waals surface area contributed by atoms with Crippen molar-refractivity contribution in [2.75, 3.05) is 36.4 Å². The fourth-order valence-corrected chi connectivity index (χ4v) is 4.64. The second kappa shape index (κ2) is 11.5. The van der Waals surface area contributed by atoms with Gasteiger partial charge in [-0.05, 0) is 72.9 Å². The topological polar surface area (TPSA) is 77.8 Å². The minimum Gasteiger partial charge on any atom is -0.451 e. The molecule has 0 bridgehead atoms. The van der Waals surface area contributed by atoms with Crippen molar-refractivity contribution in [3.8, 4) is 11.3 Å². The van der Waals surface area contributed by atoms with Gasteiger partial charge in [-0.25, -0.2) is 0 Å². The second-order valence-electron chi connectivity index (χ2n) is 8.74. The highest BCUT2D eigenvalue weighted by molar-refractivity contribution is 7.80. The van der Waals surface area contributed by atoms with E-state index in [1.807, 2.05) is 71.6 Å². The minimum absolute atomic E-state index is 0.0395. The molecule has 1 aliphatic heterocycles. The Kier molecular flexibility index (Phi) is 7.72. The van der Waals surface area contributed by atoms with Gasteiger partial charge in [0.1, 0.15) is 5.76 Å². The van der Waals surface area contributed by atoms with Crippen molar-refractivity contribution in [3.05, 3.63) is 107 Å². The molecule has 0 saturated carbocycles. The predicted molar refractivity (Wildman–Crippen MR) is 154 cm³/mol. The third-order valence-corrected chi connectivity index (χ3v) is 6.72. The first-order valence-corrected chi connectivity index (χ1v) is 12.9. The van der Waals surface area contributed by atoms with Crippen molar-refractivity contribution < 1.29 is 14.0 Å². The van der Waals surface area contributed by atoms with E-state index in [0.29, 0.717) is 42.5 Å². The molecule has 192 valence electrons. The van der Waals surface area contributed by atoms with Gasteiger partial charge < -0.3 is 19.5 Å². The molecule has 38 heavy (non-hydrogen) atoms. The van der Waals surface area contributed by atoms with Gasteiger partial charge in [0.25, 0.3) is 11.8 Å². The predicted octanol–water partition coefficient (Wildman–Crippen LogP) is 5.69. The Morgan fingerprint density at radius 3 is 2.24 bits per heavy atom. The number of furan rings is 1. The number of piperazine rings is 1. The molecule has 4 aromatic rings. The monoisotopic (exact) mass is 544 g/mol. The number of carbonyl (C=O) groups is 2. The van der Waals surface area contributed by atoms with E-state index in [1.165, 1.54) is 0 Å².